The van der Waals surface area contributed by atoms with Gasteiger partial charge in [-0.25, -0.2) is 0 Å². The van der Waals surface area contributed by atoms with Gasteiger partial charge in [-0.3, -0.25) is 9.59 Å². The monoisotopic (exact) mass is 593 g/mol. The number of aromatic nitrogens is 3. The third-order valence-electron chi connectivity index (χ3n) is 4.64. The van der Waals surface area contributed by atoms with Gasteiger partial charge in [-0.2, -0.15) is 0 Å². The van der Waals surface area contributed by atoms with E-state index in [9.17, 15) is 9.59 Å². The van der Waals surface area contributed by atoms with Crippen molar-refractivity contribution in [2.24, 2.45) is 7.05 Å². The Morgan fingerprint density at radius 2 is 1.82 bits per heavy atom. The molecule has 0 aliphatic carbocycles. The van der Waals surface area contributed by atoms with Crippen LogP contribution in [0.3, 0.4) is 0 Å². The zero-order valence-corrected chi connectivity index (χ0v) is 21.8. The number of hydrogen-bond donors (Lipinski definition) is 2. The molecule has 3 rings (SSSR count). The highest BCUT2D eigenvalue weighted by Gasteiger charge is 2.12. The maximum Gasteiger partial charge on any atom is 0.244 e. The lowest BCUT2D eigenvalue weighted by Crippen LogP contribution is -2.22. The van der Waals surface area contributed by atoms with E-state index >= 15 is 0 Å². The average molecular weight is 593 g/mol. The summed E-state index contributed by atoms with van der Waals surface area (Å²) in [7, 11) is 4.92. The molecule has 34 heavy (non-hydrogen) atoms. The third kappa shape index (κ3) is 7.22. The Morgan fingerprint density at radius 3 is 2.53 bits per heavy atom. The third-order valence-corrected chi connectivity index (χ3v) is 6.38. The fourth-order valence-electron chi connectivity index (χ4n) is 2.84. The maximum absolute atomic E-state index is 12.2. The number of nitrogens with one attached hydrogen (secondary N) is 2. The molecular weight excluding hydrogens is 569 g/mol. The first kappa shape index (κ1) is 25.6. The second-order valence-electron chi connectivity index (χ2n) is 6.97. The van der Waals surface area contributed by atoms with Crippen LogP contribution in [0.15, 0.2) is 53.7 Å². The second kappa shape index (κ2) is 12.4. The van der Waals surface area contributed by atoms with E-state index in [1.807, 2.05) is 30.3 Å². The van der Waals surface area contributed by atoms with Crippen LogP contribution in [0.25, 0.3) is 6.08 Å². The van der Waals surface area contributed by atoms with Crippen molar-refractivity contribution >= 4 is 57.9 Å². The molecule has 2 aromatic carbocycles. The molecule has 0 aliphatic heterocycles. The largest absolute Gasteiger partial charge is 0.493 e. The summed E-state index contributed by atoms with van der Waals surface area (Å²) in [6.07, 6.45) is 3.11. The SMILES string of the molecule is COc1ccc(/C=C/C(=O)NCc2nnc(SCC(=O)Nc3ccc(I)cc3)n2C)cc1OC. The summed E-state index contributed by atoms with van der Waals surface area (Å²) in [6, 6.07) is 12.9. The molecule has 0 bridgehead atoms. The zero-order chi connectivity index (χ0) is 24.5. The molecular formula is C23H24IN5O4S. The molecule has 0 atom stereocenters. The van der Waals surface area contributed by atoms with Crippen molar-refractivity contribution in [2.75, 3.05) is 25.3 Å². The number of carbonyl (C=O) groups excluding carboxylic acids is 2. The Kier molecular flexibility index (Phi) is 9.33. The van der Waals surface area contributed by atoms with Crippen LogP contribution in [0.5, 0.6) is 11.5 Å². The number of ether oxygens (including phenoxy) is 2. The molecule has 11 heteroatoms. The maximum atomic E-state index is 12.2. The van der Waals surface area contributed by atoms with E-state index < -0.39 is 0 Å². The first-order valence-electron chi connectivity index (χ1n) is 10.1. The molecule has 2 amide bonds. The van der Waals surface area contributed by atoms with Gasteiger partial charge < -0.3 is 24.7 Å². The minimum atomic E-state index is -0.274. The quantitative estimate of drug-likeness (QED) is 0.211. The summed E-state index contributed by atoms with van der Waals surface area (Å²) < 4.78 is 13.3. The lowest BCUT2D eigenvalue weighted by molar-refractivity contribution is -0.116. The van der Waals surface area contributed by atoms with Crippen molar-refractivity contribution in [1.29, 1.82) is 0 Å². The number of methoxy groups -OCH3 is 2. The van der Waals surface area contributed by atoms with Gasteiger partial charge in [0.05, 0.1) is 26.5 Å². The molecule has 2 N–H and O–H groups in total. The molecule has 0 radical (unpaired) electrons. The predicted molar refractivity (Wildman–Crippen MR) is 140 cm³/mol. The van der Waals surface area contributed by atoms with E-state index in [1.54, 1.807) is 44.0 Å². The number of rotatable bonds is 10. The van der Waals surface area contributed by atoms with Crippen LogP contribution in [-0.4, -0.2) is 46.6 Å². The zero-order valence-electron chi connectivity index (χ0n) is 18.9. The summed E-state index contributed by atoms with van der Waals surface area (Å²) >= 11 is 3.48. The van der Waals surface area contributed by atoms with Gasteiger partial charge in [-0.15, -0.1) is 10.2 Å². The van der Waals surface area contributed by atoms with E-state index in [0.29, 0.717) is 22.5 Å². The minimum absolute atomic E-state index is 0.135. The topological polar surface area (TPSA) is 107 Å². The van der Waals surface area contributed by atoms with Crippen LogP contribution in [0.4, 0.5) is 5.69 Å². The van der Waals surface area contributed by atoms with Crippen molar-refractivity contribution in [3.8, 4) is 11.5 Å². The average Bonchev–Trinajstić information content (AvgIpc) is 3.20. The van der Waals surface area contributed by atoms with Crippen LogP contribution in [-0.2, 0) is 23.2 Å². The first-order chi connectivity index (χ1) is 16.4. The lowest BCUT2D eigenvalue weighted by atomic mass is 10.2. The molecule has 1 aromatic heterocycles. The Morgan fingerprint density at radius 1 is 1.09 bits per heavy atom. The molecule has 1 heterocycles. The molecule has 178 valence electrons. The lowest BCUT2D eigenvalue weighted by Gasteiger charge is -2.07. The number of anilines is 1. The van der Waals surface area contributed by atoms with Gasteiger partial charge in [0, 0.05) is 22.4 Å². The van der Waals surface area contributed by atoms with Crippen molar-refractivity contribution in [2.45, 2.75) is 11.7 Å². The normalized spacial score (nSPS) is 10.8. The molecule has 0 spiro atoms. The first-order valence-corrected chi connectivity index (χ1v) is 12.2. The molecule has 9 nitrogen and oxygen atoms in total. The summed E-state index contributed by atoms with van der Waals surface area (Å²) in [4.78, 5) is 24.4. The van der Waals surface area contributed by atoms with E-state index in [-0.39, 0.29) is 24.1 Å². The van der Waals surface area contributed by atoms with Crippen molar-refractivity contribution in [1.82, 2.24) is 20.1 Å². The van der Waals surface area contributed by atoms with E-state index in [0.717, 1.165) is 14.8 Å². The van der Waals surface area contributed by atoms with Crippen molar-refractivity contribution in [3.05, 3.63) is 63.5 Å². The highest BCUT2D eigenvalue weighted by Crippen LogP contribution is 2.28. The minimum Gasteiger partial charge on any atom is -0.493 e. The van der Waals surface area contributed by atoms with Gasteiger partial charge in [0.2, 0.25) is 11.8 Å². The molecule has 0 aliphatic rings. The smallest absolute Gasteiger partial charge is 0.244 e. The number of carbonyl (C=O) groups is 2. The van der Waals surface area contributed by atoms with Gasteiger partial charge in [-0.1, -0.05) is 17.8 Å². The Labute approximate surface area is 215 Å². The molecule has 0 saturated heterocycles. The van der Waals surface area contributed by atoms with Gasteiger partial charge >= 0.3 is 0 Å². The standard InChI is InChI=1S/C23H24IN5O4S/c1-29-20(13-25-21(30)11-5-15-4-10-18(32-2)19(12-15)33-3)27-28-23(29)34-14-22(31)26-17-8-6-16(24)7-9-17/h4-12H,13-14H2,1-3H3,(H,25,30)(H,26,31)/b11-5+. The van der Waals surface area contributed by atoms with Crippen LogP contribution in [0, 0.1) is 3.57 Å². The van der Waals surface area contributed by atoms with Crippen LogP contribution in [0.2, 0.25) is 0 Å². The summed E-state index contributed by atoms with van der Waals surface area (Å²) in [5, 5.41) is 14.4. The number of halogens is 1. The van der Waals surface area contributed by atoms with Gasteiger partial charge in [0.25, 0.3) is 0 Å². The van der Waals surface area contributed by atoms with Crippen LogP contribution < -0.4 is 20.1 Å². The van der Waals surface area contributed by atoms with E-state index in [2.05, 4.69) is 43.4 Å². The van der Waals surface area contributed by atoms with Crippen LogP contribution >= 0.6 is 34.4 Å². The van der Waals surface area contributed by atoms with Gasteiger partial charge in [0.1, 0.15) is 0 Å². The fraction of sp³-hybridized carbons (Fsp3) is 0.217. The van der Waals surface area contributed by atoms with Crippen molar-refractivity contribution < 1.29 is 19.1 Å². The highest BCUT2D eigenvalue weighted by atomic mass is 127. The Hall–Kier alpha value is -3.06. The predicted octanol–water partition coefficient (Wildman–Crippen LogP) is 3.50. The number of benzene rings is 2. The summed E-state index contributed by atoms with van der Waals surface area (Å²) in [6.45, 7) is 0.202. The fourth-order valence-corrected chi connectivity index (χ4v) is 3.93. The second-order valence-corrected chi connectivity index (χ2v) is 9.16. The number of hydrogen-bond acceptors (Lipinski definition) is 7. The van der Waals surface area contributed by atoms with E-state index in [1.165, 1.54) is 17.8 Å². The van der Waals surface area contributed by atoms with E-state index in [4.69, 9.17) is 9.47 Å². The number of nitrogens with zero attached hydrogens (tertiary/aromatic N) is 3. The van der Waals surface area contributed by atoms with Gasteiger partial charge in [-0.05, 0) is 70.6 Å². The Balaban J connectivity index is 1.49. The molecule has 0 unspecified atom stereocenters. The number of amides is 2. The highest BCUT2D eigenvalue weighted by molar-refractivity contribution is 14.1. The molecule has 3 aromatic rings. The van der Waals surface area contributed by atoms with Gasteiger partial charge in [0.15, 0.2) is 22.5 Å². The summed E-state index contributed by atoms with van der Waals surface area (Å²) in [5.74, 6) is 1.56. The Bertz CT molecular complexity index is 1180. The van der Waals surface area contributed by atoms with Crippen molar-refractivity contribution in [3.63, 3.8) is 0 Å². The van der Waals surface area contributed by atoms with Crippen LogP contribution in [0.1, 0.15) is 11.4 Å². The summed E-state index contributed by atoms with van der Waals surface area (Å²) in [5.41, 5.74) is 1.54. The molecule has 0 fully saturated rings. The number of thioether (sulfide) groups is 1. The molecule has 0 saturated carbocycles.